The Hall–Kier alpha value is -1.06. The number of ether oxygens (including phenoxy) is 1. The lowest BCUT2D eigenvalue weighted by Crippen LogP contribution is -2.18. The minimum Gasteiger partial charge on any atom is -0.446 e. The minimum absolute atomic E-state index is 0.0208. The molecule has 0 radical (unpaired) electrons. The van der Waals surface area contributed by atoms with Gasteiger partial charge in [0.15, 0.2) is 6.73 Å². The fraction of sp³-hybridized carbons (Fsp3) is 0.500. The van der Waals surface area contributed by atoms with Gasteiger partial charge in [0.25, 0.3) is 6.47 Å². The SMILES string of the molecule is CN(C=O)COC=O. The third-order valence-corrected chi connectivity index (χ3v) is 0.526. The van der Waals surface area contributed by atoms with Crippen LogP contribution in [-0.4, -0.2) is 31.6 Å². The van der Waals surface area contributed by atoms with Gasteiger partial charge < -0.3 is 9.64 Å². The van der Waals surface area contributed by atoms with E-state index < -0.39 is 0 Å². The Morgan fingerprint density at radius 1 is 1.62 bits per heavy atom. The summed E-state index contributed by atoms with van der Waals surface area (Å²) in [4.78, 5) is 20.4. The van der Waals surface area contributed by atoms with Crippen LogP contribution in [0.1, 0.15) is 0 Å². The fourth-order valence-corrected chi connectivity index (χ4v) is 0.178. The van der Waals surface area contributed by atoms with Crippen LogP contribution in [-0.2, 0) is 14.3 Å². The summed E-state index contributed by atoms with van der Waals surface area (Å²) in [5, 5.41) is 0. The van der Waals surface area contributed by atoms with Crippen molar-refractivity contribution in [2.75, 3.05) is 13.8 Å². The van der Waals surface area contributed by atoms with Gasteiger partial charge in [-0.3, -0.25) is 9.59 Å². The Labute approximate surface area is 47.0 Å². The lowest BCUT2D eigenvalue weighted by Gasteiger charge is -2.05. The summed E-state index contributed by atoms with van der Waals surface area (Å²) >= 11 is 0. The van der Waals surface area contributed by atoms with Crippen molar-refractivity contribution in [3.05, 3.63) is 0 Å². The van der Waals surface area contributed by atoms with E-state index in [4.69, 9.17) is 0 Å². The maximum atomic E-state index is 9.74. The molecule has 0 atom stereocenters. The molecule has 0 aliphatic carbocycles. The van der Waals surface area contributed by atoms with Crippen LogP contribution in [0.2, 0.25) is 0 Å². The Morgan fingerprint density at radius 3 is 2.62 bits per heavy atom. The molecule has 8 heavy (non-hydrogen) atoms. The molecule has 4 nitrogen and oxygen atoms in total. The lowest BCUT2D eigenvalue weighted by molar-refractivity contribution is -0.135. The number of carbonyl (C=O) groups excluding carboxylic acids is 2. The first-order valence-electron chi connectivity index (χ1n) is 2.02. The van der Waals surface area contributed by atoms with Crippen LogP contribution in [0.25, 0.3) is 0 Å². The predicted octanol–water partition coefficient (Wildman–Crippen LogP) is -0.795. The van der Waals surface area contributed by atoms with Crippen LogP contribution in [0, 0.1) is 0 Å². The monoisotopic (exact) mass is 117 g/mol. The highest BCUT2D eigenvalue weighted by Gasteiger charge is 1.87. The standard InChI is InChI=1S/C4H7NO3/c1-5(2-6)3-8-4-7/h2,4H,3H2,1H3. The predicted molar refractivity (Wildman–Crippen MR) is 25.8 cm³/mol. The molecule has 0 fully saturated rings. The van der Waals surface area contributed by atoms with Gasteiger partial charge in [-0.1, -0.05) is 0 Å². The average molecular weight is 117 g/mol. The van der Waals surface area contributed by atoms with Gasteiger partial charge >= 0.3 is 0 Å². The first-order chi connectivity index (χ1) is 3.81. The number of hydrogen-bond acceptors (Lipinski definition) is 3. The Morgan fingerprint density at radius 2 is 2.25 bits per heavy atom. The molecule has 0 rings (SSSR count). The topological polar surface area (TPSA) is 46.6 Å². The quantitative estimate of drug-likeness (QED) is 0.358. The van der Waals surface area contributed by atoms with E-state index >= 15 is 0 Å². The summed E-state index contributed by atoms with van der Waals surface area (Å²) in [5.74, 6) is 0. The fourth-order valence-electron chi connectivity index (χ4n) is 0.178. The summed E-state index contributed by atoms with van der Waals surface area (Å²) in [5.41, 5.74) is 0. The highest BCUT2D eigenvalue weighted by Crippen LogP contribution is 1.71. The number of rotatable bonds is 4. The van der Waals surface area contributed by atoms with Crippen molar-refractivity contribution in [1.82, 2.24) is 4.90 Å². The number of amides is 1. The molecule has 0 saturated heterocycles. The van der Waals surface area contributed by atoms with E-state index in [9.17, 15) is 9.59 Å². The van der Waals surface area contributed by atoms with E-state index in [1.165, 1.54) is 11.9 Å². The molecule has 0 aromatic carbocycles. The van der Waals surface area contributed by atoms with Crippen LogP contribution in [0.3, 0.4) is 0 Å². The maximum Gasteiger partial charge on any atom is 0.294 e. The molecule has 0 spiro atoms. The van der Waals surface area contributed by atoms with Gasteiger partial charge in [0, 0.05) is 7.05 Å². The molecular weight excluding hydrogens is 110 g/mol. The van der Waals surface area contributed by atoms with Crippen LogP contribution in [0.5, 0.6) is 0 Å². The minimum atomic E-state index is 0.0208. The highest BCUT2D eigenvalue weighted by atomic mass is 16.5. The van der Waals surface area contributed by atoms with E-state index in [0.29, 0.717) is 12.9 Å². The zero-order chi connectivity index (χ0) is 6.41. The van der Waals surface area contributed by atoms with Gasteiger partial charge in [0.1, 0.15) is 0 Å². The van der Waals surface area contributed by atoms with Gasteiger partial charge in [-0.15, -0.1) is 0 Å². The number of carbonyl (C=O) groups is 2. The van der Waals surface area contributed by atoms with Crippen LogP contribution < -0.4 is 0 Å². The maximum absolute atomic E-state index is 9.74. The second-order valence-electron chi connectivity index (χ2n) is 1.25. The van der Waals surface area contributed by atoms with Gasteiger partial charge in [-0.2, -0.15) is 0 Å². The van der Waals surface area contributed by atoms with E-state index in [2.05, 4.69) is 4.74 Å². The van der Waals surface area contributed by atoms with E-state index in [-0.39, 0.29) is 6.73 Å². The zero-order valence-corrected chi connectivity index (χ0v) is 4.53. The second-order valence-corrected chi connectivity index (χ2v) is 1.25. The van der Waals surface area contributed by atoms with Crippen molar-refractivity contribution < 1.29 is 14.3 Å². The lowest BCUT2D eigenvalue weighted by atomic mass is 10.9. The molecular formula is C4H7NO3. The Kier molecular flexibility index (Phi) is 3.56. The smallest absolute Gasteiger partial charge is 0.294 e. The van der Waals surface area contributed by atoms with E-state index in [1.54, 1.807) is 0 Å². The summed E-state index contributed by atoms with van der Waals surface area (Å²) in [6.45, 7) is 0.312. The van der Waals surface area contributed by atoms with Gasteiger partial charge in [0.05, 0.1) is 0 Å². The molecule has 0 N–H and O–H groups in total. The molecule has 0 aliphatic rings. The molecule has 0 bridgehead atoms. The third kappa shape index (κ3) is 3.14. The van der Waals surface area contributed by atoms with E-state index in [0.717, 1.165) is 0 Å². The van der Waals surface area contributed by atoms with Crippen LogP contribution in [0.4, 0.5) is 0 Å². The third-order valence-electron chi connectivity index (χ3n) is 0.526. The van der Waals surface area contributed by atoms with E-state index in [1.807, 2.05) is 0 Å². The van der Waals surface area contributed by atoms with Crippen molar-refractivity contribution in [3.63, 3.8) is 0 Å². The molecule has 0 aliphatic heterocycles. The molecule has 4 heteroatoms. The number of nitrogens with zero attached hydrogens (tertiary/aromatic N) is 1. The largest absolute Gasteiger partial charge is 0.446 e. The Bertz CT molecular complexity index is 83.4. The normalized spacial score (nSPS) is 7.62. The zero-order valence-electron chi connectivity index (χ0n) is 4.53. The van der Waals surface area contributed by atoms with Gasteiger partial charge in [-0.25, -0.2) is 0 Å². The van der Waals surface area contributed by atoms with Crippen molar-refractivity contribution in [2.24, 2.45) is 0 Å². The molecule has 0 heterocycles. The Balaban J connectivity index is 3.09. The number of hydrogen-bond donors (Lipinski definition) is 0. The highest BCUT2D eigenvalue weighted by molar-refractivity contribution is 5.46. The molecule has 46 valence electrons. The molecule has 0 unspecified atom stereocenters. The molecule has 1 amide bonds. The summed E-state index contributed by atoms with van der Waals surface area (Å²) < 4.78 is 4.20. The average Bonchev–Trinajstić information content (AvgIpc) is 1.83. The first-order valence-corrected chi connectivity index (χ1v) is 2.02. The van der Waals surface area contributed by atoms with Crippen molar-refractivity contribution in [2.45, 2.75) is 0 Å². The molecule has 0 saturated carbocycles. The van der Waals surface area contributed by atoms with Crippen molar-refractivity contribution in [1.29, 1.82) is 0 Å². The van der Waals surface area contributed by atoms with Gasteiger partial charge in [0.2, 0.25) is 6.41 Å². The second kappa shape index (κ2) is 4.11. The van der Waals surface area contributed by atoms with Crippen molar-refractivity contribution in [3.8, 4) is 0 Å². The molecule has 0 aromatic rings. The van der Waals surface area contributed by atoms with Crippen LogP contribution >= 0.6 is 0 Å². The molecule has 0 aromatic heterocycles. The summed E-state index contributed by atoms with van der Waals surface area (Å²) in [6, 6.07) is 0. The van der Waals surface area contributed by atoms with Crippen molar-refractivity contribution >= 4 is 12.9 Å². The summed E-state index contributed by atoms with van der Waals surface area (Å²) in [6.07, 6.45) is 0.573. The first kappa shape index (κ1) is 6.94. The van der Waals surface area contributed by atoms with Crippen LogP contribution in [0.15, 0.2) is 0 Å². The summed E-state index contributed by atoms with van der Waals surface area (Å²) in [7, 11) is 1.51. The van der Waals surface area contributed by atoms with Gasteiger partial charge in [-0.05, 0) is 0 Å².